The van der Waals surface area contributed by atoms with Gasteiger partial charge in [-0.25, -0.2) is 13.6 Å². The van der Waals surface area contributed by atoms with Gasteiger partial charge in [-0.05, 0) is 29.4 Å². The van der Waals surface area contributed by atoms with Crippen molar-refractivity contribution in [2.45, 2.75) is 17.7 Å². The lowest BCUT2D eigenvalue weighted by Gasteiger charge is -2.16. The number of benzene rings is 2. The van der Waals surface area contributed by atoms with Gasteiger partial charge >= 0.3 is 0 Å². The third kappa shape index (κ3) is 1.74. The second kappa shape index (κ2) is 3.93. The van der Waals surface area contributed by atoms with Gasteiger partial charge in [0, 0.05) is 5.39 Å². The van der Waals surface area contributed by atoms with Crippen LogP contribution in [-0.4, -0.2) is 8.42 Å². The summed E-state index contributed by atoms with van der Waals surface area (Å²) < 4.78 is 23.7. The lowest BCUT2D eigenvalue weighted by Crippen LogP contribution is -2.16. The number of primary sulfonamides is 1. The molecule has 18 heavy (non-hydrogen) atoms. The average molecular weight is 259 g/mol. The average Bonchev–Trinajstić information content (AvgIpc) is 2.34. The predicted molar refractivity (Wildman–Crippen MR) is 72.7 cm³/mol. The lowest BCUT2D eigenvalue weighted by atomic mass is 9.94. The van der Waals surface area contributed by atoms with Crippen LogP contribution < -0.4 is 5.14 Å². The molecule has 0 saturated heterocycles. The first-order valence-electron chi connectivity index (χ1n) is 5.81. The van der Waals surface area contributed by atoms with Crippen molar-refractivity contribution in [3.63, 3.8) is 0 Å². The molecule has 0 spiro atoms. The zero-order valence-electron chi connectivity index (χ0n) is 9.76. The summed E-state index contributed by atoms with van der Waals surface area (Å²) in [6, 6.07) is 9.51. The van der Waals surface area contributed by atoms with Crippen LogP contribution >= 0.6 is 0 Å². The first-order chi connectivity index (χ1) is 8.57. The second-order valence-electron chi connectivity index (χ2n) is 4.49. The molecule has 0 aromatic heterocycles. The van der Waals surface area contributed by atoms with E-state index in [0.717, 1.165) is 29.4 Å². The largest absolute Gasteiger partial charge is 0.239 e. The minimum atomic E-state index is -3.72. The highest BCUT2D eigenvalue weighted by molar-refractivity contribution is 7.89. The molecule has 0 unspecified atom stereocenters. The SMILES string of the molecule is NS(=O)(=O)c1c2c(cc3ccccc13)CCC=C2. The normalized spacial score (nSPS) is 14.7. The summed E-state index contributed by atoms with van der Waals surface area (Å²) in [5.74, 6) is 0. The Morgan fingerprint density at radius 1 is 1.17 bits per heavy atom. The van der Waals surface area contributed by atoms with Crippen LogP contribution in [0.5, 0.6) is 0 Å². The third-order valence-electron chi connectivity index (χ3n) is 3.28. The van der Waals surface area contributed by atoms with Crippen molar-refractivity contribution < 1.29 is 8.42 Å². The summed E-state index contributed by atoms with van der Waals surface area (Å²) >= 11 is 0. The Hall–Kier alpha value is -1.65. The molecule has 4 heteroatoms. The number of hydrogen-bond donors (Lipinski definition) is 1. The number of hydrogen-bond acceptors (Lipinski definition) is 2. The predicted octanol–water partition coefficient (Wildman–Crippen LogP) is 2.45. The van der Waals surface area contributed by atoms with E-state index in [2.05, 4.69) is 6.07 Å². The molecule has 92 valence electrons. The fourth-order valence-electron chi connectivity index (χ4n) is 2.52. The van der Waals surface area contributed by atoms with Gasteiger partial charge in [-0.1, -0.05) is 42.5 Å². The van der Waals surface area contributed by atoms with Crippen LogP contribution in [0.25, 0.3) is 16.8 Å². The van der Waals surface area contributed by atoms with Gasteiger partial charge in [0.05, 0.1) is 4.90 Å². The van der Waals surface area contributed by atoms with E-state index in [1.165, 1.54) is 0 Å². The highest BCUT2D eigenvalue weighted by Gasteiger charge is 2.20. The fourth-order valence-corrected chi connectivity index (χ4v) is 3.52. The Morgan fingerprint density at radius 2 is 1.94 bits per heavy atom. The van der Waals surface area contributed by atoms with E-state index < -0.39 is 10.0 Å². The van der Waals surface area contributed by atoms with Gasteiger partial charge in [-0.15, -0.1) is 0 Å². The molecule has 0 amide bonds. The van der Waals surface area contributed by atoms with Gasteiger partial charge in [0.25, 0.3) is 0 Å². The molecule has 0 fully saturated rings. The monoisotopic (exact) mass is 259 g/mol. The molecule has 3 rings (SSSR count). The van der Waals surface area contributed by atoms with Crippen molar-refractivity contribution in [3.8, 4) is 0 Å². The van der Waals surface area contributed by atoms with Crippen molar-refractivity contribution in [1.29, 1.82) is 0 Å². The van der Waals surface area contributed by atoms with E-state index in [-0.39, 0.29) is 4.90 Å². The molecular formula is C14H13NO2S. The summed E-state index contributed by atoms with van der Waals surface area (Å²) in [6.45, 7) is 0. The molecule has 0 atom stereocenters. The summed E-state index contributed by atoms with van der Waals surface area (Å²) in [5.41, 5.74) is 1.81. The van der Waals surface area contributed by atoms with Crippen LogP contribution in [0.3, 0.4) is 0 Å². The summed E-state index contributed by atoms with van der Waals surface area (Å²) in [5, 5.41) is 7.01. The molecular weight excluding hydrogens is 246 g/mol. The van der Waals surface area contributed by atoms with Gasteiger partial charge in [-0.3, -0.25) is 0 Å². The minimum absolute atomic E-state index is 0.256. The maximum atomic E-state index is 11.9. The number of sulfonamides is 1. The Kier molecular flexibility index (Phi) is 2.50. The molecule has 0 saturated carbocycles. The van der Waals surface area contributed by atoms with Crippen molar-refractivity contribution in [2.75, 3.05) is 0 Å². The molecule has 0 radical (unpaired) electrons. The molecule has 2 aromatic rings. The van der Waals surface area contributed by atoms with Crippen LogP contribution in [0.15, 0.2) is 41.3 Å². The third-order valence-corrected chi connectivity index (χ3v) is 4.28. The van der Waals surface area contributed by atoms with Crippen molar-refractivity contribution >= 4 is 26.9 Å². The minimum Gasteiger partial charge on any atom is -0.225 e. The molecule has 0 aliphatic heterocycles. The van der Waals surface area contributed by atoms with Gasteiger partial charge in [0.2, 0.25) is 10.0 Å². The van der Waals surface area contributed by atoms with Crippen molar-refractivity contribution in [2.24, 2.45) is 5.14 Å². The zero-order chi connectivity index (χ0) is 12.8. The lowest BCUT2D eigenvalue weighted by molar-refractivity contribution is 0.598. The number of fused-ring (bicyclic) bond motifs is 2. The van der Waals surface area contributed by atoms with Gasteiger partial charge in [-0.2, -0.15) is 0 Å². The molecule has 2 aromatic carbocycles. The Balaban J connectivity index is 2.53. The summed E-state index contributed by atoms with van der Waals surface area (Å²) in [7, 11) is -3.72. The molecule has 2 N–H and O–H groups in total. The molecule has 1 aliphatic carbocycles. The van der Waals surface area contributed by atoms with E-state index in [4.69, 9.17) is 5.14 Å². The van der Waals surface area contributed by atoms with E-state index in [1.54, 1.807) is 6.07 Å². The second-order valence-corrected chi connectivity index (χ2v) is 5.98. The van der Waals surface area contributed by atoms with Crippen LogP contribution in [0.4, 0.5) is 0 Å². The Bertz CT molecular complexity index is 761. The standard InChI is InChI=1S/C14H13NO2S/c15-18(16,17)14-12-7-3-1-5-10(12)9-11-6-2-4-8-13(11)14/h1,3-5,7-9H,2,6H2,(H2,15,16,17). The maximum Gasteiger partial charge on any atom is 0.239 e. The van der Waals surface area contributed by atoms with E-state index in [9.17, 15) is 8.42 Å². The smallest absolute Gasteiger partial charge is 0.225 e. The Morgan fingerprint density at radius 3 is 2.72 bits per heavy atom. The molecule has 3 nitrogen and oxygen atoms in total. The van der Waals surface area contributed by atoms with Gasteiger partial charge in [0.1, 0.15) is 0 Å². The number of aryl methyl sites for hydroxylation is 1. The molecule has 0 bridgehead atoms. The first kappa shape index (κ1) is 11.4. The first-order valence-corrected chi connectivity index (χ1v) is 7.36. The number of rotatable bonds is 1. The maximum absolute atomic E-state index is 11.9. The summed E-state index contributed by atoms with van der Waals surface area (Å²) in [4.78, 5) is 0.256. The number of allylic oxidation sites excluding steroid dienone is 1. The van der Waals surface area contributed by atoms with Crippen LogP contribution in [0, 0.1) is 0 Å². The van der Waals surface area contributed by atoms with Crippen molar-refractivity contribution in [1.82, 2.24) is 0 Å². The van der Waals surface area contributed by atoms with Crippen LogP contribution in [0.2, 0.25) is 0 Å². The van der Waals surface area contributed by atoms with Crippen molar-refractivity contribution in [3.05, 3.63) is 47.5 Å². The molecule has 1 aliphatic rings. The summed E-state index contributed by atoms with van der Waals surface area (Å²) in [6.07, 6.45) is 5.66. The number of nitrogens with two attached hydrogens (primary N) is 1. The zero-order valence-corrected chi connectivity index (χ0v) is 10.6. The van der Waals surface area contributed by atoms with E-state index in [0.29, 0.717) is 5.39 Å². The Labute approximate surface area is 106 Å². The van der Waals surface area contributed by atoms with Crippen LogP contribution in [0.1, 0.15) is 17.5 Å². The van der Waals surface area contributed by atoms with Crippen LogP contribution in [-0.2, 0) is 16.4 Å². The fraction of sp³-hybridized carbons (Fsp3) is 0.143. The van der Waals surface area contributed by atoms with E-state index in [1.807, 2.05) is 30.4 Å². The quantitative estimate of drug-likeness (QED) is 0.855. The van der Waals surface area contributed by atoms with Gasteiger partial charge in [0.15, 0.2) is 0 Å². The topological polar surface area (TPSA) is 60.2 Å². The van der Waals surface area contributed by atoms with E-state index >= 15 is 0 Å². The highest BCUT2D eigenvalue weighted by atomic mass is 32.2. The van der Waals surface area contributed by atoms with Gasteiger partial charge < -0.3 is 0 Å². The highest BCUT2D eigenvalue weighted by Crippen LogP contribution is 2.32. The molecule has 0 heterocycles.